The smallest absolute Gasteiger partial charge is 0.161 e. The second-order valence-corrected chi connectivity index (χ2v) is 6.06. The summed E-state index contributed by atoms with van der Waals surface area (Å²) in [4.78, 5) is 1.23. The molecule has 1 N–H and O–H groups in total. The van der Waals surface area contributed by atoms with Crippen LogP contribution < -0.4 is 14.8 Å². The van der Waals surface area contributed by atoms with E-state index in [2.05, 4.69) is 44.5 Å². The first kappa shape index (κ1) is 18.2. The van der Waals surface area contributed by atoms with Gasteiger partial charge in [-0.25, -0.2) is 0 Å². The number of benzene rings is 1. The van der Waals surface area contributed by atoms with Crippen LogP contribution in [0.25, 0.3) is 0 Å². The van der Waals surface area contributed by atoms with E-state index in [1.54, 1.807) is 26.0 Å². The van der Waals surface area contributed by atoms with E-state index in [9.17, 15) is 0 Å². The van der Waals surface area contributed by atoms with Crippen molar-refractivity contribution >= 4 is 11.8 Å². The molecule has 1 aromatic rings. The molecule has 0 bridgehead atoms. The van der Waals surface area contributed by atoms with E-state index in [0.29, 0.717) is 0 Å². The molecule has 0 unspecified atom stereocenters. The molecule has 0 atom stereocenters. The van der Waals surface area contributed by atoms with Gasteiger partial charge in [-0.05, 0) is 43.2 Å². The lowest BCUT2D eigenvalue weighted by atomic mass is 9.89. The molecule has 21 heavy (non-hydrogen) atoms. The molecular formula is C17H29NO2S. The molecule has 0 aliphatic heterocycles. The predicted molar refractivity (Wildman–Crippen MR) is 91.8 cm³/mol. The van der Waals surface area contributed by atoms with Gasteiger partial charge < -0.3 is 14.8 Å². The average molecular weight is 311 g/mol. The Hall–Kier alpha value is -0.870. The lowest BCUT2D eigenvalue weighted by Crippen LogP contribution is -2.43. The molecule has 1 rings (SSSR count). The molecule has 0 aliphatic rings. The molecular weight excluding hydrogens is 282 g/mol. The number of ether oxygens (including phenoxy) is 2. The van der Waals surface area contributed by atoms with Crippen LogP contribution in [-0.2, 0) is 6.54 Å². The molecule has 3 nitrogen and oxygen atoms in total. The summed E-state index contributed by atoms with van der Waals surface area (Å²) in [5.74, 6) is 1.58. The number of methoxy groups -OCH3 is 2. The van der Waals surface area contributed by atoms with Crippen LogP contribution in [0.5, 0.6) is 11.5 Å². The first-order valence-electron chi connectivity index (χ1n) is 7.63. The van der Waals surface area contributed by atoms with Crippen molar-refractivity contribution in [2.45, 2.75) is 57.0 Å². The van der Waals surface area contributed by atoms with Gasteiger partial charge in [0.2, 0.25) is 0 Å². The average Bonchev–Trinajstić information content (AvgIpc) is 2.55. The first-order chi connectivity index (χ1) is 10.1. The predicted octanol–water partition coefficient (Wildman–Crippen LogP) is 4.48. The second kappa shape index (κ2) is 8.54. The molecule has 0 saturated heterocycles. The third-order valence-electron chi connectivity index (χ3n) is 4.47. The van der Waals surface area contributed by atoms with Crippen molar-refractivity contribution in [2.24, 2.45) is 0 Å². The van der Waals surface area contributed by atoms with Gasteiger partial charge >= 0.3 is 0 Å². The van der Waals surface area contributed by atoms with Gasteiger partial charge in [0.1, 0.15) is 0 Å². The normalized spacial score (nSPS) is 11.5. The van der Waals surface area contributed by atoms with Crippen molar-refractivity contribution in [1.29, 1.82) is 0 Å². The highest BCUT2D eigenvalue weighted by molar-refractivity contribution is 7.98. The molecule has 0 heterocycles. The summed E-state index contributed by atoms with van der Waals surface area (Å²) in [6.45, 7) is 7.62. The summed E-state index contributed by atoms with van der Waals surface area (Å²) < 4.78 is 10.8. The molecule has 0 spiro atoms. The molecule has 1 aromatic carbocycles. The molecule has 0 amide bonds. The Morgan fingerprint density at radius 2 is 1.52 bits per heavy atom. The van der Waals surface area contributed by atoms with Crippen molar-refractivity contribution in [3.05, 3.63) is 17.7 Å². The van der Waals surface area contributed by atoms with Gasteiger partial charge in [0.25, 0.3) is 0 Å². The molecule has 0 radical (unpaired) electrons. The van der Waals surface area contributed by atoms with E-state index in [1.807, 2.05) is 0 Å². The zero-order valence-corrected chi connectivity index (χ0v) is 15.0. The fraction of sp³-hybridized carbons (Fsp3) is 0.647. The van der Waals surface area contributed by atoms with Gasteiger partial charge in [-0.3, -0.25) is 0 Å². The Morgan fingerprint density at radius 1 is 1.00 bits per heavy atom. The van der Waals surface area contributed by atoms with E-state index in [1.165, 1.54) is 10.5 Å². The summed E-state index contributed by atoms with van der Waals surface area (Å²) in [6, 6.07) is 4.15. The fourth-order valence-corrected chi connectivity index (χ4v) is 3.26. The van der Waals surface area contributed by atoms with Crippen LogP contribution in [-0.4, -0.2) is 26.0 Å². The highest BCUT2D eigenvalue weighted by Gasteiger charge is 2.23. The van der Waals surface area contributed by atoms with Gasteiger partial charge in [-0.2, -0.15) is 0 Å². The second-order valence-electron chi connectivity index (χ2n) is 5.21. The number of nitrogens with one attached hydrogen (secondary N) is 1. The standard InChI is InChI=1S/C17H29NO2S/c1-7-17(8-2,9-3)18-12-13-10-14(19-4)15(20-5)11-16(13)21-6/h10-11,18H,7-9,12H2,1-6H3. The zero-order valence-electron chi connectivity index (χ0n) is 14.2. The van der Waals surface area contributed by atoms with Crippen molar-refractivity contribution in [3.8, 4) is 11.5 Å². The third kappa shape index (κ3) is 4.30. The minimum atomic E-state index is 0.225. The number of hydrogen-bond acceptors (Lipinski definition) is 4. The minimum absolute atomic E-state index is 0.225. The van der Waals surface area contributed by atoms with Gasteiger partial charge in [0.15, 0.2) is 11.5 Å². The Bertz CT molecular complexity index is 436. The van der Waals surface area contributed by atoms with Gasteiger partial charge in [0.05, 0.1) is 14.2 Å². The topological polar surface area (TPSA) is 30.5 Å². The summed E-state index contributed by atoms with van der Waals surface area (Å²) in [5.41, 5.74) is 1.49. The van der Waals surface area contributed by atoms with Gasteiger partial charge in [-0.15, -0.1) is 11.8 Å². The van der Waals surface area contributed by atoms with Gasteiger partial charge in [0, 0.05) is 17.0 Å². The largest absolute Gasteiger partial charge is 0.493 e. The van der Waals surface area contributed by atoms with Gasteiger partial charge in [-0.1, -0.05) is 20.8 Å². The van der Waals surface area contributed by atoms with Crippen LogP contribution >= 0.6 is 11.8 Å². The van der Waals surface area contributed by atoms with Crippen LogP contribution in [0.3, 0.4) is 0 Å². The highest BCUT2D eigenvalue weighted by atomic mass is 32.2. The van der Waals surface area contributed by atoms with E-state index in [0.717, 1.165) is 37.3 Å². The lowest BCUT2D eigenvalue weighted by molar-refractivity contribution is 0.286. The van der Waals surface area contributed by atoms with E-state index < -0.39 is 0 Å². The monoisotopic (exact) mass is 311 g/mol. The van der Waals surface area contributed by atoms with Crippen molar-refractivity contribution in [3.63, 3.8) is 0 Å². The SMILES string of the molecule is CCC(CC)(CC)NCc1cc(OC)c(OC)cc1SC. The third-order valence-corrected chi connectivity index (χ3v) is 5.29. The summed E-state index contributed by atoms with van der Waals surface area (Å²) in [6.07, 6.45) is 5.52. The van der Waals surface area contributed by atoms with Crippen LogP contribution in [0.1, 0.15) is 45.6 Å². The van der Waals surface area contributed by atoms with Crippen LogP contribution in [0, 0.1) is 0 Å². The summed E-state index contributed by atoms with van der Waals surface area (Å²) in [7, 11) is 3.36. The Balaban J connectivity index is 3.01. The maximum absolute atomic E-state index is 5.43. The lowest BCUT2D eigenvalue weighted by Gasteiger charge is -2.32. The Kier molecular flexibility index (Phi) is 7.40. The van der Waals surface area contributed by atoms with Crippen molar-refractivity contribution in [1.82, 2.24) is 5.32 Å². The Labute approximate surface area is 133 Å². The molecule has 0 aliphatic carbocycles. The maximum Gasteiger partial charge on any atom is 0.161 e. The van der Waals surface area contributed by atoms with Crippen molar-refractivity contribution < 1.29 is 9.47 Å². The highest BCUT2D eigenvalue weighted by Crippen LogP contribution is 2.35. The summed E-state index contributed by atoms with van der Waals surface area (Å²) >= 11 is 1.74. The maximum atomic E-state index is 5.43. The van der Waals surface area contributed by atoms with E-state index >= 15 is 0 Å². The van der Waals surface area contributed by atoms with E-state index in [-0.39, 0.29) is 5.54 Å². The molecule has 0 fully saturated rings. The van der Waals surface area contributed by atoms with Crippen LogP contribution in [0.4, 0.5) is 0 Å². The number of thioether (sulfide) groups is 1. The molecule has 0 saturated carbocycles. The number of hydrogen-bond donors (Lipinski definition) is 1. The minimum Gasteiger partial charge on any atom is -0.493 e. The number of rotatable bonds is 9. The molecule has 0 aromatic heterocycles. The zero-order chi connectivity index (χ0) is 15.9. The quantitative estimate of drug-likeness (QED) is 0.681. The fourth-order valence-electron chi connectivity index (χ4n) is 2.64. The first-order valence-corrected chi connectivity index (χ1v) is 8.86. The van der Waals surface area contributed by atoms with Crippen LogP contribution in [0.15, 0.2) is 17.0 Å². The van der Waals surface area contributed by atoms with E-state index in [4.69, 9.17) is 9.47 Å². The Morgan fingerprint density at radius 3 is 1.95 bits per heavy atom. The molecule has 4 heteroatoms. The summed E-state index contributed by atoms with van der Waals surface area (Å²) in [5, 5.41) is 3.75. The van der Waals surface area contributed by atoms with Crippen LogP contribution in [0.2, 0.25) is 0 Å². The van der Waals surface area contributed by atoms with Crippen molar-refractivity contribution in [2.75, 3.05) is 20.5 Å². The molecule has 120 valence electrons.